The summed E-state index contributed by atoms with van der Waals surface area (Å²) in [6, 6.07) is 6.85. The molecule has 0 radical (unpaired) electrons. The number of nitrogens with one attached hydrogen (secondary N) is 1. The lowest BCUT2D eigenvalue weighted by Gasteiger charge is -2.35. The van der Waals surface area contributed by atoms with Gasteiger partial charge in [0, 0.05) is 6.04 Å². The zero-order chi connectivity index (χ0) is 17.7. The second kappa shape index (κ2) is 8.18. The number of carbonyl (C=O) groups excluding carboxylic acids is 2. The van der Waals surface area contributed by atoms with Crippen molar-refractivity contribution in [2.75, 3.05) is 7.11 Å². The van der Waals surface area contributed by atoms with E-state index in [-0.39, 0.29) is 11.9 Å². The van der Waals surface area contributed by atoms with Crippen molar-refractivity contribution in [1.29, 1.82) is 0 Å². The second-order valence-corrected chi connectivity index (χ2v) is 6.66. The number of benzene rings is 1. The summed E-state index contributed by atoms with van der Waals surface area (Å²) in [6.07, 6.45) is 2.48. The summed E-state index contributed by atoms with van der Waals surface area (Å²) in [4.78, 5) is 24.5. The van der Waals surface area contributed by atoms with E-state index in [1.165, 1.54) is 13.5 Å². The third-order valence-electron chi connectivity index (χ3n) is 4.99. The molecule has 1 saturated carbocycles. The van der Waals surface area contributed by atoms with E-state index in [1.807, 2.05) is 0 Å². The molecule has 1 N–H and O–H groups in total. The Balaban J connectivity index is 1.92. The summed E-state index contributed by atoms with van der Waals surface area (Å²) in [5, 5.41) is 3.04. The molecule has 1 aliphatic carbocycles. The molecule has 1 aromatic carbocycles. The van der Waals surface area contributed by atoms with Crippen LogP contribution in [0.4, 0.5) is 0 Å². The second-order valence-electron chi connectivity index (χ2n) is 6.66. The zero-order valence-electron chi connectivity index (χ0n) is 14.9. The first-order chi connectivity index (χ1) is 11.4. The zero-order valence-corrected chi connectivity index (χ0v) is 14.9. The van der Waals surface area contributed by atoms with Crippen molar-refractivity contribution in [3.63, 3.8) is 0 Å². The topological polar surface area (TPSA) is 64.6 Å². The Morgan fingerprint density at radius 2 is 2.00 bits per heavy atom. The van der Waals surface area contributed by atoms with Gasteiger partial charge in [0.15, 0.2) is 6.10 Å². The number of hydrogen-bond acceptors (Lipinski definition) is 4. The molecule has 0 heterocycles. The maximum atomic E-state index is 12.3. The molecule has 5 nitrogen and oxygen atoms in total. The fourth-order valence-electron chi connectivity index (χ4n) is 3.12. The number of amides is 1. The van der Waals surface area contributed by atoms with Crippen LogP contribution < -0.4 is 10.1 Å². The fraction of sp³-hybridized carbons (Fsp3) is 0.579. The van der Waals surface area contributed by atoms with Crippen molar-refractivity contribution in [2.24, 2.45) is 11.8 Å². The van der Waals surface area contributed by atoms with E-state index in [0.29, 0.717) is 23.1 Å². The lowest BCUT2D eigenvalue weighted by molar-refractivity contribution is -0.130. The summed E-state index contributed by atoms with van der Waals surface area (Å²) in [6.45, 7) is 5.99. The predicted molar refractivity (Wildman–Crippen MR) is 92.0 cm³/mol. The Morgan fingerprint density at radius 3 is 2.71 bits per heavy atom. The average molecular weight is 333 g/mol. The van der Waals surface area contributed by atoms with Gasteiger partial charge in [-0.3, -0.25) is 4.79 Å². The van der Waals surface area contributed by atoms with Gasteiger partial charge in [-0.15, -0.1) is 0 Å². The Bertz CT molecular complexity index is 586. The summed E-state index contributed by atoms with van der Waals surface area (Å²) in [7, 11) is 1.53. The van der Waals surface area contributed by atoms with Gasteiger partial charge >= 0.3 is 5.97 Å². The first-order valence-corrected chi connectivity index (χ1v) is 8.57. The minimum atomic E-state index is -0.826. The molecule has 24 heavy (non-hydrogen) atoms. The standard InChI is InChI=1S/C19H27NO4/c1-12-7-5-10-17(13(12)2)20-18(21)14(3)24-19(22)15-8-6-9-16(11-15)23-4/h6,8-9,11-14,17H,5,7,10H2,1-4H3,(H,20,21)/t12-,13-,14-,17+/m1/s1. The van der Waals surface area contributed by atoms with Crippen molar-refractivity contribution in [2.45, 2.75) is 52.2 Å². The van der Waals surface area contributed by atoms with Crippen molar-refractivity contribution < 1.29 is 19.1 Å². The SMILES string of the molecule is COc1cccc(C(=O)O[C@H](C)C(=O)N[C@H]2CCC[C@@H](C)[C@H]2C)c1. The first kappa shape index (κ1) is 18.3. The highest BCUT2D eigenvalue weighted by Crippen LogP contribution is 2.29. The molecule has 0 aliphatic heterocycles. The van der Waals surface area contributed by atoms with Crippen LogP contribution in [0.3, 0.4) is 0 Å². The maximum absolute atomic E-state index is 12.3. The molecule has 5 heteroatoms. The Morgan fingerprint density at radius 1 is 1.25 bits per heavy atom. The quantitative estimate of drug-likeness (QED) is 0.841. The maximum Gasteiger partial charge on any atom is 0.339 e. The average Bonchev–Trinajstić information content (AvgIpc) is 2.58. The van der Waals surface area contributed by atoms with Gasteiger partial charge in [0.2, 0.25) is 0 Å². The normalized spacial score (nSPS) is 24.8. The minimum absolute atomic E-state index is 0.152. The molecule has 1 aromatic rings. The molecule has 2 rings (SSSR count). The lowest BCUT2D eigenvalue weighted by Crippen LogP contribution is -2.47. The smallest absolute Gasteiger partial charge is 0.339 e. The number of rotatable bonds is 5. The molecule has 0 saturated heterocycles. The van der Waals surface area contributed by atoms with Crippen LogP contribution in [0.2, 0.25) is 0 Å². The molecule has 4 atom stereocenters. The van der Waals surface area contributed by atoms with Crippen molar-refractivity contribution in [3.05, 3.63) is 29.8 Å². The van der Waals surface area contributed by atoms with Crippen molar-refractivity contribution in [1.82, 2.24) is 5.32 Å². The van der Waals surface area contributed by atoms with Gasteiger partial charge in [-0.25, -0.2) is 4.79 Å². The summed E-state index contributed by atoms with van der Waals surface area (Å²) in [5.74, 6) is 0.841. The largest absolute Gasteiger partial charge is 0.497 e. The van der Waals surface area contributed by atoms with Crippen LogP contribution in [-0.4, -0.2) is 31.1 Å². The van der Waals surface area contributed by atoms with E-state index in [9.17, 15) is 9.59 Å². The van der Waals surface area contributed by atoms with E-state index in [4.69, 9.17) is 9.47 Å². The van der Waals surface area contributed by atoms with Crippen LogP contribution in [0.25, 0.3) is 0 Å². The first-order valence-electron chi connectivity index (χ1n) is 8.57. The molecule has 0 unspecified atom stereocenters. The molecule has 1 amide bonds. The summed E-state index contributed by atoms with van der Waals surface area (Å²) in [5.41, 5.74) is 0.369. The van der Waals surface area contributed by atoms with E-state index in [2.05, 4.69) is 19.2 Å². The van der Waals surface area contributed by atoms with Crippen LogP contribution in [0.15, 0.2) is 24.3 Å². The highest BCUT2D eigenvalue weighted by Gasteiger charge is 2.30. The van der Waals surface area contributed by atoms with Crippen LogP contribution >= 0.6 is 0 Å². The highest BCUT2D eigenvalue weighted by molar-refractivity contribution is 5.92. The van der Waals surface area contributed by atoms with Crippen LogP contribution in [0.5, 0.6) is 5.75 Å². The van der Waals surface area contributed by atoms with Gasteiger partial charge in [0.1, 0.15) is 5.75 Å². The predicted octanol–water partition coefficient (Wildman–Crippen LogP) is 3.18. The molecule has 132 valence electrons. The molecule has 0 aromatic heterocycles. The number of ether oxygens (including phenoxy) is 2. The van der Waals surface area contributed by atoms with Gasteiger partial charge in [0.05, 0.1) is 12.7 Å². The van der Waals surface area contributed by atoms with Gasteiger partial charge in [-0.1, -0.05) is 32.8 Å². The molecular weight excluding hydrogens is 306 g/mol. The van der Waals surface area contributed by atoms with E-state index < -0.39 is 12.1 Å². The minimum Gasteiger partial charge on any atom is -0.497 e. The molecular formula is C19H27NO4. The molecule has 1 aliphatic rings. The number of hydrogen-bond donors (Lipinski definition) is 1. The van der Waals surface area contributed by atoms with Crippen molar-refractivity contribution >= 4 is 11.9 Å². The van der Waals surface area contributed by atoms with Gasteiger partial charge in [0.25, 0.3) is 5.91 Å². The van der Waals surface area contributed by atoms with E-state index in [1.54, 1.807) is 31.2 Å². The molecule has 1 fully saturated rings. The highest BCUT2D eigenvalue weighted by atomic mass is 16.5. The van der Waals surface area contributed by atoms with Gasteiger partial charge in [-0.2, -0.15) is 0 Å². The Hall–Kier alpha value is -2.04. The van der Waals surface area contributed by atoms with Gasteiger partial charge in [-0.05, 0) is 43.4 Å². The number of methoxy groups -OCH3 is 1. The van der Waals surface area contributed by atoms with Crippen LogP contribution in [0, 0.1) is 11.8 Å². The van der Waals surface area contributed by atoms with Gasteiger partial charge < -0.3 is 14.8 Å². The number of carbonyl (C=O) groups is 2. The molecule has 0 bridgehead atoms. The Labute approximate surface area is 143 Å². The van der Waals surface area contributed by atoms with Crippen LogP contribution in [-0.2, 0) is 9.53 Å². The summed E-state index contributed by atoms with van der Waals surface area (Å²) >= 11 is 0. The van der Waals surface area contributed by atoms with Crippen molar-refractivity contribution in [3.8, 4) is 5.75 Å². The number of esters is 1. The molecule has 0 spiro atoms. The van der Waals surface area contributed by atoms with Crippen LogP contribution in [0.1, 0.15) is 50.4 Å². The Kier molecular flexibility index (Phi) is 6.23. The van der Waals surface area contributed by atoms with E-state index in [0.717, 1.165) is 12.8 Å². The summed E-state index contributed by atoms with van der Waals surface area (Å²) < 4.78 is 10.4. The third-order valence-corrected chi connectivity index (χ3v) is 4.99. The fourth-order valence-corrected chi connectivity index (χ4v) is 3.12. The van der Waals surface area contributed by atoms with E-state index >= 15 is 0 Å². The third kappa shape index (κ3) is 4.49. The monoisotopic (exact) mass is 333 g/mol. The lowest BCUT2D eigenvalue weighted by atomic mass is 9.78.